The highest BCUT2D eigenvalue weighted by atomic mass is 19.1. The van der Waals surface area contributed by atoms with Crippen LogP contribution in [0.1, 0.15) is 19.8 Å². The average molecular weight is 240 g/mol. The fraction of sp³-hybridized carbons (Fsp3) is 0.417. The van der Waals surface area contributed by atoms with Crippen LogP contribution in [0.3, 0.4) is 0 Å². The highest BCUT2D eigenvalue weighted by Crippen LogP contribution is 2.18. The second kappa shape index (κ2) is 5.60. The monoisotopic (exact) mass is 240 g/mol. The van der Waals surface area contributed by atoms with Crippen molar-refractivity contribution in [3.8, 4) is 11.8 Å². The molecule has 0 aliphatic carbocycles. The topological polar surface area (TPSA) is 59.0 Å². The van der Waals surface area contributed by atoms with Gasteiger partial charge in [-0.25, -0.2) is 8.78 Å². The Morgan fingerprint density at radius 3 is 2.82 bits per heavy atom. The Balaban J connectivity index is 2.42. The van der Waals surface area contributed by atoms with E-state index in [4.69, 9.17) is 15.7 Å². The summed E-state index contributed by atoms with van der Waals surface area (Å²) < 4.78 is 31.0. The summed E-state index contributed by atoms with van der Waals surface area (Å²) in [6, 6.07) is 4.97. The van der Waals surface area contributed by atoms with Crippen LogP contribution in [-0.4, -0.2) is 12.1 Å². The van der Waals surface area contributed by atoms with E-state index in [0.29, 0.717) is 12.8 Å². The molecule has 0 heterocycles. The van der Waals surface area contributed by atoms with Crippen LogP contribution in [-0.2, 0) is 0 Å². The Hall–Kier alpha value is -1.67. The first-order valence-electron chi connectivity index (χ1n) is 5.22. The molecular formula is C12H14F2N2O. The summed E-state index contributed by atoms with van der Waals surface area (Å²) >= 11 is 0. The van der Waals surface area contributed by atoms with Crippen molar-refractivity contribution in [2.24, 2.45) is 5.73 Å². The molecule has 2 N–H and O–H groups in total. The molecule has 0 saturated heterocycles. The number of nitriles is 1. The highest BCUT2D eigenvalue weighted by Gasteiger charge is 2.16. The molecule has 0 aliphatic rings. The van der Waals surface area contributed by atoms with E-state index in [-0.39, 0.29) is 12.4 Å². The summed E-state index contributed by atoms with van der Waals surface area (Å²) in [6.07, 6.45) is 0.928. The standard InChI is InChI=1S/C12H14F2N2O/c1-12(16,8-15)5-2-6-17-11-7-9(13)3-4-10(11)14/h3-4,7H,2,5-6,16H2,1H3. The zero-order valence-electron chi connectivity index (χ0n) is 9.54. The smallest absolute Gasteiger partial charge is 0.165 e. The summed E-state index contributed by atoms with van der Waals surface area (Å²) in [5.41, 5.74) is 4.69. The SMILES string of the molecule is CC(N)(C#N)CCCOc1cc(F)ccc1F. The van der Waals surface area contributed by atoms with Crippen molar-refractivity contribution in [1.82, 2.24) is 0 Å². The summed E-state index contributed by atoms with van der Waals surface area (Å²) in [6.45, 7) is 1.80. The van der Waals surface area contributed by atoms with E-state index in [2.05, 4.69) is 0 Å². The number of halogens is 2. The van der Waals surface area contributed by atoms with Crippen molar-refractivity contribution in [1.29, 1.82) is 5.26 Å². The highest BCUT2D eigenvalue weighted by molar-refractivity contribution is 5.24. The molecule has 1 rings (SSSR count). The third kappa shape index (κ3) is 4.37. The molecule has 1 aromatic rings. The molecule has 0 radical (unpaired) electrons. The van der Waals surface area contributed by atoms with Gasteiger partial charge in [-0.3, -0.25) is 0 Å². The van der Waals surface area contributed by atoms with Crippen LogP contribution in [0.5, 0.6) is 5.75 Å². The fourth-order valence-corrected chi connectivity index (χ4v) is 1.27. The second-order valence-corrected chi connectivity index (χ2v) is 4.06. The molecular weight excluding hydrogens is 226 g/mol. The maximum Gasteiger partial charge on any atom is 0.165 e. The molecule has 0 fully saturated rings. The van der Waals surface area contributed by atoms with Crippen molar-refractivity contribution in [2.75, 3.05) is 6.61 Å². The molecule has 0 saturated carbocycles. The zero-order valence-corrected chi connectivity index (χ0v) is 9.54. The van der Waals surface area contributed by atoms with Gasteiger partial charge in [0.2, 0.25) is 0 Å². The van der Waals surface area contributed by atoms with Gasteiger partial charge in [0.05, 0.1) is 12.7 Å². The molecule has 5 heteroatoms. The Morgan fingerprint density at radius 1 is 1.47 bits per heavy atom. The minimum absolute atomic E-state index is 0.124. The van der Waals surface area contributed by atoms with Crippen LogP contribution in [0, 0.1) is 23.0 Å². The molecule has 0 spiro atoms. The number of hydrogen-bond donors (Lipinski definition) is 1. The van der Waals surface area contributed by atoms with Gasteiger partial charge in [0.1, 0.15) is 11.4 Å². The lowest BCUT2D eigenvalue weighted by molar-refractivity contribution is 0.281. The van der Waals surface area contributed by atoms with Crippen molar-refractivity contribution in [3.05, 3.63) is 29.8 Å². The lowest BCUT2D eigenvalue weighted by Crippen LogP contribution is -2.34. The maximum atomic E-state index is 13.1. The molecule has 1 unspecified atom stereocenters. The van der Waals surface area contributed by atoms with E-state index in [0.717, 1.165) is 18.2 Å². The van der Waals surface area contributed by atoms with E-state index in [9.17, 15) is 8.78 Å². The number of hydrogen-bond acceptors (Lipinski definition) is 3. The van der Waals surface area contributed by atoms with Crippen LogP contribution in [0.25, 0.3) is 0 Å². The lowest BCUT2D eigenvalue weighted by Gasteiger charge is -2.15. The van der Waals surface area contributed by atoms with Gasteiger partial charge in [0.15, 0.2) is 11.6 Å². The largest absolute Gasteiger partial charge is 0.490 e. The molecule has 0 bridgehead atoms. The number of nitrogens with two attached hydrogens (primary N) is 1. The molecule has 1 atom stereocenters. The van der Waals surface area contributed by atoms with Crippen LogP contribution in [0.4, 0.5) is 8.78 Å². The Kier molecular flexibility index (Phi) is 4.41. The van der Waals surface area contributed by atoms with Gasteiger partial charge in [-0.2, -0.15) is 5.26 Å². The molecule has 92 valence electrons. The van der Waals surface area contributed by atoms with Crippen LogP contribution in [0.2, 0.25) is 0 Å². The van der Waals surface area contributed by atoms with Gasteiger partial charge < -0.3 is 10.5 Å². The lowest BCUT2D eigenvalue weighted by atomic mass is 10.00. The summed E-state index contributed by atoms with van der Waals surface area (Å²) in [5, 5.41) is 8.67. The van der Waals surface area contributed by atoms with E-state index in [1.807, 2.05) is 6.07 Å². The van der Waals surface area contributed by atoms with E-state index in [1.165, 1.54) is 0 Å². The van der Waals surface area contributed by atoms with E-state index >= 15 is 0 Å². The predicted molar refractivity (Wildman–Crippen MR) is 59.3 cm³/mol. The molecule has 0 amide bonds. The summed E-state index contributed by atoms with van der Waals surface area (Å²) in [5.74, 6) is -1.29. The quantitative estimate of drug-likeness (QED) is 0.804. The number of rotatable bonds is 5. The van der Waals surface area contributed by atoms with E-state index < -0.39 is 17.2 Å². The normalized spacial score (nSPS) is 13.8. The zero-order chi connectivity index (χ0) is 12.9. The predicted octanol–water partition coefficient (Wildman–Crippen LogP) is 2.36. The number of ether oxygens (including phenoxy) is 1. The van der Waals surface area contributed by atoms with Crippen molar-refractivity contribution in [2.45, 2.75) is 25.3 Å². The molecule has 0 aliphatic heterocycles. The first kappa shape index (κ1) is 13.4. The Bertz CT molecular complexity index is 427. The average Bonchev–Trinajstić information content (AvgIpc) is 2.29. The van der Waals surface area contributed by atoms with Gasteiger partial charge in [-0.1, -0.05) is 0 Å². The number of nitrogens with zero attached hydrogens (tertiary/aromatic N) is 1. The fourth-order valence-electron chi connectivity index (χ4n) is 1.27. The third-order valence-electron chi connectivity index (χ3n) is 2.25. The van der Waals surface area contributed by atoms with Gasteiger partial charge in [0.25, 0.3) is 0 Å². The molecule has 0 aromatic heterocycles. The third-order valence-corrected chi connectivity index (χ3v) is 2.25. The Morgan fingerprint density at radius 2 is 2.18 bits per heavy atom. The molecule has 3 nitrogen and oxygen atoms in total. The van der Waals surface area contributed by atoms with Gasteiger partial charge in [-0.15, -0.1) is 0 Å². The van der Waals surface area contributed by atoms with E-state index in [1.54, 1.807) is 6.92 Å². The van der Waals surface area contributed by atoms with Crippen LogP contribution in [0.15, 0.2) is 18.2 Å². The first-order valence-corrected chi connectivity index (χ1v) is 5.22. The van der Waals surface area contributed by atoms with Crippen molar-refractivity contribution >= 4 is 0 Å². The summed E-state index contributed by atoms with van der Waals surface area (Å²) in [7, 11) is 0. The first-order chi connectivity index (χ1) is 7.94. The minimum Gasteiger partial charge on any atom is -0.490 e. The van der Waals surface area contributed by atoms with Crippen molar-refractivity contribution in [3.63, 3.8) is 0 Å². The van der Waals surface area contributed by atoms with Crippen molar-refractivity contribution < 1.29 is 13.5 Å². The maximum absolute atomic E-state index is 13.1. The molecule has 1 aromatic carbocycles. The van der Waals surface area contributed by atoms with Crippen LogP contribution < -0.4 is 10.5 Å². The van der Waals surface area contributed by atoms with Gasteiger partial charge in [0, 0.05) is 6.07 Å². The minimum atomic E-state index is -0.913. The molecule has 17 heavy (non-hydrogen) atoms. The number of benzene rings is 1. The van der Waals surface area contributed by atoms with Gasteiger partial charge >= 0.3 is 0 Å². The van der Waals surface area contributed by atoms with Gasteiger partial charge in [-0.05, 0) is 31.9 Å². The second-order valence-electron chi connectivity index (χ2n) is 4.06. The Labute approximate surface area is 98.8 Å². The van der Waals surface area contributed by atoms with Crippen LogP contribution >= 0.6 is 0 Å². The summed E-state index contributed by atoms with van der Waals surface area (Å²) in [4.78, 5) is 0.